The normalized spacial score (nSPS) is 12.1. The molecule has 0 radical (unpaired) electrons. The number of carbonyl (C=O) groups excluding carboxylic acids is 1. The van der Waals surface area contributed by atoms with Crippen LogP contribution < -0.4 is 9.47 Å². The quantitative estimate of drug-likeness (QED) is 0.325. The van der Waals surface area contributed by atoms with Gasteiger partial charge in [-0.25, -0.2) is 0 Å². The molecule has 0 aromatic heterocycles. The van der Waals surface area contributed by atoms with Crippen molar-refractivity contribution >= 4 is 5.97 Å². The minimum atomic E-state index is -0.802. The predicted octanol–water partition coefficient (Wildman–Crippen LogP) is 5.13. The standard InChI is InChI=1S/C28H32O5/c1-4-33-27(30)20-24(29)18-19-28(21-8-6-5-7-9-21,22-10-14-25(31-2)15-11-22)23-12-16-26(32-3)17-13-23/h5-17,24,29H,4,18-20H2,1-3H3. The van der Waals surface area contributed by atoms with Gasteiger partial charge in [0.15, 0.2) is 0 Å². The lowest BCUT2D eigenvalue weighted by molar-refractivity contribution is -0.145. The molecule has 0 fully saturated rings. The van der Waals surface area contributed by atoms with Crippen molar-refractivity contribution in [2.24, 2.45) is 0 Å². The van der Waals surface area contributed by atoms with Gasteiger partial charge in [-0.1, -0.05) is 54.6 Å². The van der Waals surface area contributed by atoms with E-state index in [0.717, 1.165) is 28.2 Å². The largest absolute Gasteiger partial charge is 0.497 e. The second-order valence-corrected chi connectivity index (χ2v) is 7.93. The van der Waals surface area contributed by atoms with Gasteiger partial charge in [0.05, 0.1) is 33.4 Å². The van der Waals surface area contributed by atoms with E-state index in [1.54, 1.807) is 21.1 Å². The smallest absolute Gasteiger partial charge is 0.308 e. The summed E-state index contributed by atoms with van der Waals surface area (Å²) < 4.78 is 15.8. The molecule has 1 N–H and O–H groups in total. The van der Waals surface area contributed by atoms with Crippen molar-refractivity contribution in [3.63, 3.8) is 0 Å². The minimum absolute atomic E-state index is 0.0239. The van der Waals surface area contributed by atoms with E-state index in [-0.39, 0.29) is 12.4 Å². The molecule has 0 saturated heterocycles. The molecule has 0 heterocycles. The van der Waals surface area contributed by atoms with Crippen molar-refractivity contribution < 1.29 is 24.1 Å². The van der Waals surface area contributed by atoms with Crippen LogP contribution in [0.2, 0.25) is 0 Å². The molecule has 0 spiro atoms. The molecule has 3 aromatic carbocycles. The first kappa shape index (κ1) is 24.3. The number of carbonyl (C=O) groups is 1. The predicted molar refractivity (Wildman–Crippen MR) is 129 cm³/mol. The lowest BCUT2D eigenvalue weighted by Crippen LogP contribution is -2.31. The van der Waals surface area contributed by atoms with Gasteiger partial charge in [-0.05, 0) is 60.7 Å². The maximum atomic E-state index is 11.9. The van der Waals surface area contributed by atoms with Gasteiger partial charge in [0.25, 0.3) is 0 Å². The number of ether oxygens (including phenoxy) is 3. The molecule has 0 bridgehead atoms. The van der Waals surface area contributed by atoms with E-state index in [1.807, 2.05) is 42.5 Å². The summed E-state index contributed by atoms with van der Waals surface area (Å²) in [5.41, 5.74) is 2.70. The first-order valence-corrected chi connectivity index (χ1v) is 11.2. The van der Waals surface area contributed by atoms with Gasteiger partial charge in [-0.15, -0.1) is 0 Å². The number of hydrogen-bond donors (Lipinski definition) is 1. The van der Waals surface area contributed by atoms with Crippen molar-refractivity contribution in [2.45, 2.75) is 37.7 Å². The number of rotatable bonds is 11. The van der Waals surface area contributed by atoms with Crippen molar-refractivity contribution in [1.82, 2.24) is 0 Å². The molecule has 0 aliphatic carbocycles. The van der Waals surface area contributed by atoms with Gasteiger partial charge in [0.2, 0.25) is 0 Å². The molecule has 0 amide bonds. The van der Waals surface area contributed by atoms with Crippen LogP contribution in [0.3, 0.4) is 0 Å². The summed E-state index contributed by atoms with van der Waals surface area (Å²) in [5, 5.41) is 10.7. The highest BCUT2D eigenvalue weighted by Crippen LogP contribution is 2.44. The molecule has 0 aliphatic heterocycles. The molecule has 1 unspecified atom stereocenters. The Morgan fingerprint density at radius 1 is 0.818 bits per heavy atom. The molecular formula is C28H32O5. The minimum Gasteiger partial charge on any atom is -0.497 e. The third-order valence-corrected chi connectivity index (χ3v) is 5.99. The first-order valence-electron chi connectivity index (χ1n) is 11.2. The molecule has 5 heteroatoms. The van der Waals surface area contributed by atoms with Crippen LogP contribution in [0, 0.1) is 0 Å². The Balaban J connectivity index is 2.09. The Labute approximate surface area is 195 Å². The van der Waals surface area contributed by atoms with Gasteiger partial charge < -0.3 is 19.3 Å². The zero-order chi connectivity index (χ0) is 23.7. The molecule has 3 aromatic rings. The van der Waals surface area contributed by atoms with E-state index in [9.17, 15) is 9.90 Å². The van der Waals surface area contributed by atoms with Crippen molar-refractivity contribution in [3.8, 4) is 11.5 Å². The zero-order valence-corrected chi connectivity index (χ0v) is 19.5. The van der Waals surface area contributed by atoms with Crippen LogP contribution in [0.5, 0.6) is 11.5 Å². The second-order valence-electron chi connectivity index (χ2n) is 7.93. The zero-order valence-electron chi connectivity index (χ0n) is 19.5. The van der Waals surface area contributed by atoms with E-state index < -0.39 is 11.5 Å². The van der Waals surface area contributed by atoms with Crippen LogP contribution in [0.4, 0.5) is 0 Å². The molecule has 174 valence electrons. The number of aliphatic hydroxyl groups excluding tert-OH is 1. The van der Waals surface area contributed by atoms with Crippen molar-refractivity contribution in [2.75, 3.05) is 20.8 Å². The summed E-state index contributed by atoms with van der Waals surface area (Å²) in [6, 6.07) is 26.3. The summed E-state index contributed by atoms with van der Waals surface area (Å²) in [4.78, 5) is 11.9. The van der Waals surface area contributed by atoms with Crippen LogP contribution in [0.1, 0.15) is 42.9 Å². The van der Waals surface area contributed by atoms with Gasteiger partial charge >= 0.3 is 5.97 Å². The van der Waals surface area contributed by atoms with Gasteiger partial charge in [0.1, 0.15) is 11.5 Å². The summed E-state index contributed by atoms with van der Waals surface area (Å²) in [7, 11) is 3.29. The summed E-state index contributed by atoms with van der Waals surface area (Å²) in [6.07, 6.45) is 0.190. The maximum Gasteiger partial charge on any atom is 0.308 e. The molecule has 0 saturated carbocycles. The SMILES string of the molecule is CCOC(=O)CC(O)CCC(c1ccccc1)(c1ccc(OC)cc1)c1ccc(OC)cc1. The third-order valence-electron chi connectivity index (χ3n) is 5.99. The Kier molecular flexibility index (Phi) is 8.50. The number of aliphatic hydroxyl groups is 1. The Morgan fingerprint density at radius 2 is 1.30 bits per heavy atom. The lowest BCUT2D eigenvalue weighted by atomic mass is 9.66. The van der Waals surface area contributed by atoms with Gasteiger partial charge in [-0.2, -0.15) is 0 Å². The highest BCUT2D eigenvalue weighted by molar-refractivity contribution is 5.69. The van der Waals surface area contributed by atoms with E-state index >= 15 is 0 Å². The second kappa shape index (κ2) is 11.5. The van der Waals surface area contributed by atoms with Crippen LogP contribution in [0.15, 0.2) is 78.9 Å². The molecule has 5 nitrogen and oxygen atoms in total. The van der Waals surface area contributed by atoms with E-state index in [0.29, 0.717) is 19.4 Å². The highest BCUT2D eigenvalue weighted by atomic mass is 16.5. The van der Waals surface area contributed by atoms with Crippen LogP contribution >= 0.6 is 0 Å². The van der Waals surface area contributed by atoms with Crippen LogP contribution in [-0.4, -0.2) is 38.0 Å². The third kappa shape index (κ3) is 5.74. The summed E-state index contributed by atoms with van der Waals surface area (Å²) in [6.45, 7) is 2.06. The highest BCUT2D eigenvalue weighted by Gasteiger charge is 2.37. The van der Waals surface area contributed by atoms with E-state index in [2.05, 4.69) is 36.4 Å². The molecule has 0 aliphatic rings. The topological polar surface area (TPSA) is 65.0 Å². The maximum absolute atomic E-state index is 11.9. The van der Waals surface area contributed by atoms with Crippen LogP contribution in [-0.2, 0) is 14.9 Å². The fourth-order valence-corrected chi connectivity index (χ4v) is 4.30. The Bertz CT molecular complexity index is 949. The van der Waals surface area contributed by atoms with E-state index in [4.69, 9.17) is 14.2 Å². The number of benzene rings is 3. The van der Waals surface area contributed by atoms with E-state index in [1.165, 1.54) is 0 Å². The number of esters is 1. The summed E-state index contributed by atoms with van der Waals surface area (Å²) >= 11 is 0. The average molecular weight is 449 g/mol. The van der Waals surface area contributed by atoms with Gasteiger partial charge in [0, 0.05) is 5.41 Å². The van der Waals surface area contributed by atoms with Crippen LogP contribution in [0.25, 0.3) is 0 Å². The van der Waals surface area contributed by atoms with Crippen molar-refractivity contribution in [3.05, 3.63) is 95.6 Å². The number of hydrogen-bond acceptors (Lipinski definition) is 5. The Morgan fingerprint density at radius 3 is 1.76 bits per heavy atom. The monoisotopic (exact) mass is 448 g/mol. The molecular weight excluding hydrogens is 416 g/mol. The molecule has 33 heavy (non-hydrogen) atoms. The van der Waals surface area contributed by atoms with Gasteiger partial charge in [-0.3, -0.25) is 4.79 Å². The Hall–Kier alpha value is -3.31. The molecule has 3 rings (SSSR count). The average Bonchev–Trinajstić information content (AvgIpc) is 2.86. The fraction of sp³-hybridized carbons (Fsp3) is 0.321. The first-order chi connectivity index (χ1) is 16.0. The lowest BCUT2D eigenvalue weighted by Gasteiger charge is -2.37. The fourth-order valence-electron chi connectivity index (χ4n) is 4.30. The van der Waals surface area contributed by atoms with Crippen molar-refractivity contribution in [1.29, 1.82) is 0 Å². The molecule has 1 atom stereocenters. The summed E-state index contributed by atoms with van der Waals surface area (Å²) in [5.74, 6) is 1.17. The number of methoxy groups -OCH3 is 2.